The van der Waals surface area contributed by atoms with Crippen molar-refractivity contribution in [3.8, 4) is 17.3 Å². The molecule has 2 aromatic rings. The molecule has 0 aliphatic carbocycles. The number of hydrogen-bond donors (Lipinski definition) is 1. The average Bonchev–Trinajstić information content (AvgIpc) is 2.48. The van der Waals surface area contributed by atoms with E-state index in [1.54, 1.807) is 6.20 Å². The van der Waals surface area contributed by atoms with E-state index in [9.17, 15) is 5.26 Å². The number of hydrogen-bond acceptors (Lipinski definition) is 4. The molecular formula is C16H18N4. The maximum absolute atomic E-state index is 9.40. The minimum Gasteiger partial charge on any atom is -0.383 e. The highest BCUT2D eigenvalue weighted by Crippen LogP contribution is 2.31. The zero-order valence-electron chi connectivity index (χ0n) is 11.8. The lowest BCUT2D eigenvalue weighted by Crippen LogP contribution is -2.08. The Kier molecular flexibility index (Phi) is 4.31. The van der Waals surface area contributed by atoms with Crippen LogP contribution in [0.2, 0.25) is 0 Å². The second-order valence-electron chi connectivity index (χ2n) is 4.60. The highest BCUT2D eigenvalue weighted by molar-refractivity contribution is 5.77. The van der Waals surface area contributed by atoms with Crippen molar-refractivity contribution in [3.05, 3.63) is 41.2 Å². The average molecular weight is 266 g/mol. The van der Waals surface area contributed by atoms with E-state index in [0.717, 1.165) is 41.8 Å². The molecule has 4 nitrogen and oxygen atoms in total. The summed E-state index contributed by atoms with van der Waals surface area (Å²) in [7, 11) is 0. The zero-order chi connectivity index (χ0) is 14.5. The second-order valence-corrected chi connectivity index (χ2v) is 4.60. The van der Waals surface area contributed by atoms with Crippen LogP contribution in [0.5, 0.6) is 0 Å². The summed E-state index contributed by atoms with van der Waals surface area (Å²) < 4.78 is 0. The maximum Gasteiger partial charge on any atom is 0.142 e. The Morgan fingerprint density at radius 2 is 2.10 bits per heavy atom. The van der Waals surface area contributed by atoms with Gasteiger partial charge in [0.25, 0.3) is 0 Å². The number of nitrogen functional groups attached to an aromatic ring is 1. The monoisotopic (exact) mass is 266 g/mol. The van der Waals surface area contributed by atoms with Gasteiger partial charge in [0.2, 0.25) is 0 Å². The fourth-order valence-corrected chi connectivity index (χ4v) is 2.42. The minimum atomic E-state index is 0.300. The molecule has 0 aliphatic heterocycles. The normalized spacial score (nSPS) is 10.2. The molecule has 20 heavy (non-hydrogen) atoms. The molecule has 4 heteroatoms. The van der Waals surface area contributed by atoms with E-state index in [1.807, 2.05) is 18.2 Å². The molecule has 0 bridgehead atoms. The van der Waals surface area contributed by atoms with Crippen LogP contribution in [0.3, 0.4) is 0 Å². The van der Waals surface area contributed by atoms with Gasteiger partial charge in [-0.1, -0.05) is 26.3 Å². The summed E-state index contributed by atoms with van der Waals surface area (Å²) >= 11 is 0. The molecule has 0 aromatic carbocycles. The van der Waals surface area contributed by atoms with Gasteiger partial charge in [-0.3, -0.25) is 4.98 Å². The Morgan fingerprint density at radius 1 is 1.30 bits per heavy atom. The predicted molar refractivity (Wildman–Crippen MR) is 80.0 cm³/mol. The van der Waals surface area contributed by atoms with E-state index in [-0.39, 0.29) is 0 Å². The number of aryl methyl sites for hydroxylation is 1. The zero-order valence-corrected chi connectivity index (χ0v) is 11.8. The van der Waals surface area contributed by atoms with Crippen molar-refractivity contribution in [2.45, 2.75) is 33.1 Å². The summed E-state index contributed by atoms with van der Waals surface area (Å²) in [6.07, 6.45) is 4.39. The molecule has 2 rings (SSSR count). The van der Waals surface area contributed by atoms with Crippen LogP contribution in [0.15, 0.2) is 24.4 Å². The topological polar surface area (TPSA) is 75.6 Å². The largest absolute Gasteiger partial charge is 0.383 e. The highest BCUT2D eigenvalue weighted by atomic mass is 14.9. The van der Waals surface area contributed by atoms with Crippen LogP contribution in [0.1, 0.15) is 37.1 Å². The molecule has 0 saturated carbocycles. The van der Waals surface area contributed by atoms with E-state index in [4.69, 9.17) is 5.73 Å². The predicted octanol–water partition coefficient (Wildman–Crippen LogP) is 3.11. The fraction of sp³-hybridized carbons (Fsp3) is 0.312. The number of nitrogens with zero attached hydrogens (tertiary/aromatic N) is 3. The molecule has 0 saturated heterocycles. The van der Waals surface area contributed by atoms with Gasteiger partial charge in [0.15, 0.2) is 0 Å². The SMILES string of the molecule is CCCc1nc(N)c(C#N)c(-c2ccccn2)c1CC. The summed E-state index contributed by atoms with van der Waals surface area (Å²) in [5.74, 6) is 0.300. The molecule has 0 unspecified atom stereocenters. The van der Waals surface area contributed by atoms with Gasteiger partial charge in [-0.2, -0.15) is 5.26 Å². The van der Waals surface area contributed by atoms with Crippen LogP contribution in [0, 0.1) is 11.3 Å². The van der Waals surface area contributed by atoms with Crippen LogP contribution in [-0.4, -0.2) is 9.97 Å². The molecule has 2 aromatic heterocycles. The lowest BCUT2D eigenvalue weighted by molar-refractivity contribution is 0.859. The lowest BCUT2D eigenvalue weighted by atomic mass is 9.94. The van der Waals surface area contributed by atoms with Crippen LogP contribution in [0.25, 0.3) is 11.3 Å². The summed E-state index contributed by atoms with van der Waals surface area (Å²) in [6.45, 7) is 4.18. The van der Waals surface area contributed by atoms with E-state index >= 15 is 0 Å². The standard InChI is InChI=1S/C16H18N4/c1-3-7-13-11(4-2)15(12(10-17)16(18)20-13)14-8-5-6-9-19-14/h5-6,8-9H,3-4,7H2,1-2H3,(H2,18,20). The number of nitriles is 1. The van der Waals surface area contributed by atoms with Gasteiger partial charge in [0.1, 0.15) is 17.5 Å². The quantitative estimate of drug-likeness (QED) is 0.922. The maximum atomic E-state index is 9.40. The lowest BCUT2D eigenvalue weighted by Gasteiger charge is -2.15. The third kappa shape index (κ3) is 2.48. The molecule has 0 aliphatic rings. The van der Waals surface area contributed by atoms with Gasteiger partial charge in [0.05, 0.1) is 5.69 Å². The van der Waals surface area contributed by atoms with Crippen molar-refractivity contribution in [2.75, 3.05) is 5.73 Å². The Labute approximate surface area is 119 Å². The Bertz CT molecular complexity index is 642. The second kappa shape index (κ2) is 6.16. The van der Waals surface area contributed by atoms with Gasteiger partial charge in [-0.05, 0) is 30.5 Å². The molecule has 0 amide bonds. The van der Waals surface area contributed by atoms with E-state index < -0.39 is 0 Å². The molecule has 2 N–H and O–H groups in total. The van der Waals surface area contributed by atoms with Crippen LogP contribution in [-0.2, 0) is 12.8 Å². The number of rotatable bonds is 4. The van der Waals surface area contributed by atoms with Crippen molar-refractivity contribution in [1.82, 2.24) is 9.97 Å². The molecule has 102 valence electrons. The van der Waals surface area contributed by atoms with Gasteiger partial charge < -0.3 is 5.73 Å². The Balaban J connectivity index is 2.78. The first-order valence-electron chi connectivity index (χ1n) is 6.85. The third-order valence-electron chi connectivity index (χ3n) is 3.28. The first-order valence-corrected chi connectivity index (χ1v) is 6.85. The van der Waals surface area contributed by atoms with Crippen molar-refractivity contribution in [2.24, 2.45) is 0 Å². The minimum absolute atomic E-state index is 0.300. The first kappa shape index (κ1) is 14.0. The van der Waals surface area contributed by atoms with Gasteiger partial charge in [-0.15, -0.1) is 0 Å². The molecular weight excluding hydrogens is 248 g/mol. The third-order valence-corrected chi connectivity index (χ3v) is 3.28. The molecule has 0 fully saturated rings. The van der Waals surface area contributed by atoms with Crippen LogP contribution in [0.4, 0.5) is 5.82 Å². The van der Waals surface area contributed by atoms with Crippen LogP contribution < -0.4 is 5.73 Å². The summed E-state index contributed by atoms with van der Waals surface area (Å²) in [4.78, 5) is 8.79. The van der Waals surface area contributed by atoms with E-state index in [2.05, 4.69) is 29.9 Å². The van der Waals surface area contributed by atoms with Crippen molar-refractivity contribution in [1.29, 1.82) is 5.26 Å². The first-order chi connectivity index (χ1) is 9.72. The van der Waals surface area contributed by atoms with Gasteiger partial charge in [-0.25, -0.2) is 4.98 Å². The molecule has 0 spiro atoms. The number of aromatic nitrogens is 2. The van der Waals surface area contributed by atoms with Crippen LogP contribution >= 0.6 is 0 Å². The van der Waals surface area contributed by atoms with Crippen molar-refractivity contribution >= 4 is 5.82 Å². The highest BCUT2D eigenvalue weighted by Gasteiger charge is 2.18. The number of nitrogens with two attached hydrogens (primary N) is 1. The van der Waals surface area contributed by atoms with Crippen molar-refractivity contribution < 1.29 is 0 Å². The van der Waals surface area contributed by atoms with Gasteiger partial charge in [0, 0.05) is 17.5 Å². The van der Waals surface area contributed by atoms with Gasteiger partial charge >= 0.3 is 0 Å². The smallest absolute Gasteiger partial charge is 0.142 e. The number of pyridine rings is 2. The molecule has 2 heterocycles. The Morgan fingerprint density at radius 3 is 2.65 bits per heavy atom. The van der Waals surface area contributed by atoms with Crippen molar-refractivity contribution in [3.63, 3.8) is 0 Å². The molecule has 0 radical (unpaired) electrons. The Hall–Kier alpha value is -2.41. The summed E-state index contributed by atoms with van der Waals surface area (Å²) in [6, 6.07) is 7.86. The fourth-order valence-electron chi connectivity index (χ4n) is 2.42. The summed E-state index contributed by atoms with van der Waals surface area (Å²) in [5.41, 5.74) is 10.1. The summed E-state index contributed by atoms with van der Waals surface area (Å²) in [5, 5.41) is 9.40. The number of anilines is 1. The van der Waals surface area contributed by atoms with E-state index in [1.165, 1.54) is 0 Å². The molecule has 0 atom stereocenters. The van der Waals surface area contributed by atoms with E-state index in [0.29, 0.717) is 11.4 Å².